The summed E-state index contributed by atoms with van der Waals surface area (Å²) in [4.78, 5) is 23.0. The Hall–Kier alpha value is -2.97. The van der Waals surface area contributed by atoms with Gasteiger partial charge in [0.05, 0.1) is 5.56 Å². The fraction of sp³-hybridized carbons (Fsp3) is 0.500. The van der Waals surface area contributed by atoms with Crippen LogP contribution in [0.3, 0.4) is 0 Å². The van der Waals surface area contributed by atoms with Gasteiger partial charge in [-0.05, 0) is 42.7 Å². The Balaban J connectivity index is 1.25. The van der Waals surface area contributed by atoms with Crippen LogP contribution in [0.5, 0.6) is 0 Å². The number of pyridine rings is 1. The van der Waals surface area contributed by atoms with Gasteiger partial charge >= 0.3 is 12.2 Å². The van der Waals surface area contributed by atoms with Gasteiger partial charge in [-0.15, -0.1) is 0 Å². The molecule has 0 saturated carbocycles. The van der Waals surface area contributed by atoms with Gasteiger partial charge in [-0.2, -0.15) is 13.2 Å². The van der Waals surface area contributed by atoms with E-state index in [2.05, 4.69) is 15.2 Å². The first-order chi connectivity index (χ1) is 15.9. The minimum atomic E-state index is -4.36. The summed E-state index contributed by atoms with van der Waals surface area (Å²) >= 11 is 0. The van der Waals surface area contributed by atoms with Gasteiger partial charge in [0.2, 0.25) is 0 Å². The van der Waals surface area contributed by atoms with Gasteiger partial charge in [0.25, 0.3) is 0 Å². The number of nitrogens with zero attached hydrogens (tertiary/aromatic N) is 4. The zero-order chi connectivity index (χ0) is 23.3. The van der Waals surface area contributed by atoms with Crippen LogP contribution >= 0.6 is 0 Å². The van der Waals surface area contributed by atoms with Gasteiger partial charge < -0.3 is 20.0 Å². The van der Waals surface area contributed by atoms with E-state index in [1.165, 1.54) is 31.7 Å². The molecule has 1 N–H and O–H groups in total. The third-order valence-electron chi connectivity index (χ3n) is 6.29. The van der Waals surface area contributed by atoms with Crippen molar-refractivity contribution in [2.24, 2.45) is 0 Å². The smallest absolute Gasteiger partial charge is 0.368 e. The number of piperazine rings is 1. The van der Waals surface area contributed by atoms with Gasteiger partial charge in [0.1, 0.15) is 5.82 Å². The van der Waals surface area contributed by atoms with Crippen molar-refractivity contribution < 1.29 is 18.0 Å². The minimum Gasteiger partial charge on any atom is -0.368 e. The summed E-state index contributed by atoms with van der Waals surface area (Å²) in [5.74, 6) is 0.984. The zero-order valence-electron chi connectivity index (χ0n) is 18.7. The molecule has 178 valence electrons. The highest BCUT2D eigenvalue weighted by Crippen LogP contribution is 2.31. The molecule has 1 aromatic heterocycles. The Labute approximate surface area is 192 Å². The lowest BCUT2D eigenvalue weighted by Crippen LogP contribution is -2.51. The van der Waals surface area contributed by atoms with Gasteiger partial charge in [0.15, 0.2) is 0 Å². The fourth-order valence-corrected chi connectivity index (χ4v) is 4.34. The van der Waals surface area contributed by atoms with Gasteiger partial charge in [-0.3, -0.25) is 0 Å². The lowest BCUT2D eigenvalue weighted by molar-refractivity contribution is -0.137. The Kier molecular flexibility index (Phi) is 7.25. The monoisotopic (exact) mass is 461 g/mol. The van der Waals surface area contributed by atoms with E-state index in [1.54, 1.807) is 11.0 Å². The van der Waals surface area contributed by atoms with E-state index in [0.717, 1.165) is 36.6 Å². The maximum atomic E-state index is 13.0. The van der Waals surface area contributed by atoms with Crippen LogP contribution in [-0.4, -0.2) is 55.2 Å². The minimum absolute atomic E-state index is 0.171. The molecule has 0 bridgehead atoms. The summed E-state index contributed by atoms with van der Waals surface area (Å²) in [5.41, 5.74) is 0.806. The molecule has 0 radical (unpaired) electrons. The van der Waals surface area contributed by atoms with E-state index < -0.39 is 11.7 Å². The molecule has 0 unspecified atom stereocenters. The van der Waals surface area contributed by atoms with Gasteiger partial charge in [0, 0.05) is 57.7 Å². The average Bonchev–Trinajstić information content (AvgIpc) is 3.12. The highest BCUT2D eigenvalue weighted by molar-refractivity contribution is 5.74. The van der Waals surface area contributed by atoms with Crippen molar-refractivity contribution in [3.05, 3.63) is 53.7 Å². The Morgan fingerprint density at radius 3 is 2.27 bits per heavy atom. The predicted octanol–water partition coefficient (Wildman–Crippen LogP) is 4.51. The molecule has 2 aliphatic heterocycles. The molecule has 0 aliphatic carbocycles. The number of aromatic nitrogens is 1. The van der Waals surface area contributed by atoms with Crippen molar-refractivity contribution in [3.63, 3.8) is 0 Å². The molecule has 2 fully saturated rings. The summed E-state index contributed by atoms with van der Waals surface area (Å²) < 4.78 is 38.9. The molecule has 1 aromatic carbocycles. The first-order valence-corrected chi connectivity index (χ1v) is 11.5. The molecule has 33 heavy (non-hydrogen) atoms. The third kappa shape index (κ3) is 6.09. The van der Waals surface area contributed by atoms with E-state index in [1.807, 2.05) is 23.2 Å². The van der Waals surface area contributed by atoms with E-state index in [4.69, 9.17) is 0 Å². The van der Waals surface area contributed by atoms with E-state index in [-0.39, 0.29) is 6.03 Å². The molecule has 3 heterocycles. The maximum absolute atomic E-state index is 13.0. The van der Waals surface area contributed by atoms with Crippen LogP contribution in [0.25, 0.3) is 0 Å². The number of hydrogen-bond donors (Lipinski definition) is 1. The van der Waals surface area contributed by atoms with E-state index >= 15 is 0 Å². The topological polar surface area (TPSA) is 51.7 Å². The maximum Gasteiger partial charge on any atom is 0.416 e. The largest absolute Gasteiger partial charge is 0.416 e. The number of rotatable bonds is 4. The molecular weight excluding hydrogens is 431 g/mol. The molecule has 0 spiro atoms. The third-order valence-corrected chi connectivity index (χ3v) is 6.29. The van der Waals surface area contributed by atoms with Crippen molar-refractivity contribution >= 4 is 17.5 Å². The van der Waals surface area contributed by atoms with Crippen molar-refractivity contribution in [1.29, 1.82) is 0 Å². The van der Waals surface area contributed by atoms with Crippen LogP contribution in [0.1, 0.15) is 36.8 Å². The number of benzene rings is 1. The summed E-state index contributed by atoms with van der Waals surface area (Å²) in [6.45, 7) is 4.34. The molecule has 2 amide bonds. The van der Waals surface area contributed by atoms with Crippen LogP contribution in [-0.2, 0) is 12.7 Å². The first-order valence-electron chi connectivity index (χ1n) is 11.5. The Bertz CT molecular complexity index is 918. The SMILES string of the molecule is O=C(NCc1ccc(N2CCCCCC2)nc1)N1CCN(c2cccc(C(F)(F)F)c2)CC1. The molecule has 2 saturated heterocycles. The Morgan fingerprint density at radius 1 is 0.909 bits per heavy atom. The molecule has 0 atom stereocenters. The number of anilines is 2. The quantitative estimate of drug-likeness (QED) is 0.728. The number of alkyl halides is 3. The molecule has 4 rings (SSSR count). The van der Waals surface area contributed by atoms with Crippen molar-refractivity contribution in [3.8, 4) is 0 Å². The number of carbonyl (C=O) groups excluding carboxylic acids is 1. The number of carbonyl (C=O) groups is 1. The van der Waals surface area contributed by atoms with Crippen molar-refractivity contribution in [2.75, 3.05) is 49.1 Å². The van der Waals surface area contributed by atoms with Crippen LogP contribution in [0.15, 0.2) is 42.6 Å². The Morgan fingerprint density at radius 2 is 1.64 bits per heavy atom. The highest BCUT2D eigenvalue weighted by Gasteiger charge is 2.31. The van der Waals surface area contributed by atoms with Gasteiger partial charge in [-0.1, -0.05) is 25.0 Å². The first kappa shape index (κ1) is 23.2. The summed E-state index contributed by atoms with van der Waals surface area (Å²) in [7, 11) is 0. The van der Waals surface area contributed by atoms with Crippen molar-refractivity contribution in [1.82, 2.24) is 15.2 Å². The van der Waals surface area contributed by atoms with Gasteiger partial charge in [-0.25, -0.2) is 9.78 Å². The predicted molar refractivity (Wildman–Crippen MR) is 122 cm³/mol. The second-order valence-electron chi connectivity index (χ2n) is 8.61. The number of nitrogens with one attached hydrogen (secondary N) is 1. The molecule has 2 aliphatic rings. The summed E-state index contributed by atoms with van der Waals surface area (Å²) in [5, 5.41) is 2.93. The fourth-order valence-electron chi connectivity index (χ4n) is 4.34. The van der Waals surface area contributed by atoms with E-state index in [9.17, 15) is 18.0 Å². The van der Waals surface area contributed by atoms with E-state index in [0.29, 0.717) is 38.4 Å². The van der Waals surface area contributed by atoms with Crippen molar-refractivity contribution in [2.45, 2.75) is 38.4 Å². The lowest BCUT2D eigenvalue weighted by Gasteiger charge is -2.36. The number of amides is 2. The number of urea groups is 1. The lowest BCUT2D eigenvalue weighted by atomic mass is 10.1. The molecule has 6 nitrogen and oxygen atoms in total. The highest BCUT2D eigenvalue weighted by atomic mass is 19.4. The standard InChI is InChI=1S/C24H30F3N5O/c25-24(26,27)20-6-5-7-21(16-20)30-12-14-32(15-13-30)23(33)29-18-19-8-9-22(28-17-19)31-10-3-1-2-4-11-31/h5-9,16-17H,1-4,10-15,18H2,(H,29,33). The second kappa shape index (κ2) is 10.3. The molecule has 2 aromatic rings. The summed E-state index contributed by atoms with van der Waals surface area (Å²) in [6.07, 6.45) is 2.38. The van der Waals surface area contributed by atoms with Crippen LogP contribution < -0.4 is 15.1 Å². The number of halogens is 3. The normalized spacial score (nSPS) is 17.6. The van der Waals surface area contributed by atoms with Crippen LogP contribution in [0.4, 0.5) is 29.5 Å². The van der Waals surface area contributed by atoms with Crippen LogP contribution in [0.2, 0.25) is 0 Å². The molecular formula is C24H30F3N5O. The number of hydrogen-bond acceptors (Lipinski definition) is 4. The second-order valence-corrected chi connectivity index (χ2v) is 8.61. The average molecular weight is 462 g/mol. The van der Waals surface area contributed by atoms with Crippen LogP contribution in [0, 0.1) is 0 Å². The summed E-state index contributed by atoms with van der Waals surface area (Å²) in [6, 6.07) is 9.17. The zero-order valence-corrected chi connectivity index (χ0v) is 18.7. The molecule has 9 heteroatoms.